The van der Waals surface area contributed by atoms with Crippen molar-refractivity contribution >= 4 is 105 Å². The first-order valence-corrected chi connectivity index (χ1v) is 18.2. The maximum atomic E-state index is 13.5. The van der Waals surface area contributed by atoms with Crippen molar-refractivity contribution in [3.8, 4) is 11.5 Å². The number of benzene rings is 1. The molecule has 0 bridgehead atoms. The smallest absolute Gasteiger partial charge is 0.350 e. The molecule has 4 aliphatic rings. The van der Waals surface area contributed by atoms with Gasteiger partial charge in [0.15, 0.2) is 22.3 Å². The number of phenolic OH excluding ortho intramolecular Hbond substituents is 2. The molecule has 2 aromatic rings. The van der Waals surface area contributed by atoms with Crippen LogP contribution in [0.3, 0.4) is 0 Å². The van der Waals surface area contributed by atoms with Gasteiger partial charge in [-0.15, -0.1) is 0 Å². The molecule has 3 saturated heterocycles. The zero-order chi connectivity index (χ0) is 40.1. The fourth-order valence-corrected chi connectivity index (χ4v) is 8.48. The van der Waals surface area contributed by atoms with Gasteiger partial charge in [-0.05, 0) is 12.1 Å². The van der Waals surface area contributed by atoms with E-state index in [1.807, 2.05) is 0 Å². The molecule has 0 radical (unpaired) electrons. The van der Waals surface area contributed by atoms with Crippen LogP contribution in [0.25, 0.3) is 0 Å². The number of thiazole rings is 1. The van der Waals surface area contributed by atoms with Crippen molar-refractivity contribution in [2.75, 3.05) is 31.9 Å². The number of Topliss-reactive ketones (excluding diaryl/α,β-unsaturated/α-hetero) is 1. The number of aliphatic carboxylic acids is 2. The van der Waals surface area contributed by atoms with Crippen LogP contribution >= 0.6 is 46.3 Å². The van der Waals surface area contributed by atoms with E-state index in [4.69, 9.17) is 33.8 Å². The summed E-state index contributed by atoms with van der Waals surface area (Å²) in [6, 6.07) is -0.295. The highest BCUT2D eigenvalue weighted by atomic mass is 35.5. The second kappa shape index (κ2) is 14.6. The third kappa shape index (κ3) is 7.07. The van der Waals surface area contributed by atoms with Crippen LogP contribution in [0.1, 0.15) is 35.3 Å². The lowest BCUT2D eigenvalue weighted by Gasteiger charge is -2.41. The molecule has 1 saturated carbocycles. The van der Waals surface area contributed by atoms with Gasteiger partial charge in [0.1, 0.15) is 21.4 Å². The van der Waals surface area contributed by atoms with Gasteiger partial charge in [0, 0.05) is 32.4 Å². The molecule has 9 N–H and O–H groups in total. The van der Waals surface area contributed by atoms with E-state index in [0.29, 0.717) is 11.8 Å². The number of nitrogens with one attached hydrogen (secondary N) is 3. The topological polar surface area (TPSA) is 324 Å². The van der Waals surface area contributed by atoms with Crippen molar-refractivity contribution in [1.29, 1.82) is 0 Å². The van der Waals surface area contributed by atoms with Gasteiger partial charge in [0.25, 0.3) is 17.6 Å². The first-order chi connectivity index (χ1) is 25.9. The molecule has 6 amide bonds. The number of carboxylic acid groups (broad SMARTS) is 2. The average molecular weight is 845 g/mol. The molecule has 1 aromatic heterocycles. The van der Waals surface area contributed by atoms with Crippen molar-refractivity contribution in [3.05, 3.63) is 32.7 Å². The lowest BCUT2D eigenvalue weighted by atomic mass is 10.1. The molecule has 55 heavy (non-hydrogen) atoms. The number of phenols is 2. The summed E-state index contributed by atoms with van der Waals surface area (Å²) in [5.41, 5.74) is 5.12. The summed E-state index contributed by atoms with van der Waals surface area (Å²) in [7, 11) is 0. The molecule has 3 atom stereocenters. The van der Waals surface area contributed by atoms with E-state index < -0.39 is 110 Å². The van der Waals surface area contributed by atoms with E-state index in [2.05, 4.69) is 26.2 Å². The fourth-order valence-electron chi connectivity index (χ4n) is 5.67. The fraction of sp³-hybridized carbons (Fsp3) is 0.379. The molecule has 4 heterocycles. The van der Waals surface area contributed by atoms with Crippen LogP contribution in [0.15, 0.2) is 17.3 Å². The molecule has 1 aliphatic carbocycles. The van der Waals surface area contributed by atoms with Gasteiger partial charge in [-0.3, -0.25) is 34.3 Å². The largest absolute Gasteiger partial charge is 0.504 e. The molecular formula is C29H27Cl2N9O13S2. The number of β-lactam (4-membered cyclic amide) rings is 1. The van der Waals surface area contributed by atoms with Gasteiger partial charge >= 0.3 is 18.0 Å². The Labute approximate surface area is 325 Å². The third-order valence-corrected chi connectivity index (χ3v) is 11.9. The number of rotatable bonds is 14. The lowest BCUT2D eigenvalue weighted by Crippen LogP contribution is -2.68. The summed E-state index contributed by atoms with van der Waals surface area (Å²) in [6.07, 6.45) is -0.208. The molecule has 3 aliphatic heterocycles. The minimum absolute atomic E-state index is 0.0533. The van der Waals surface area contributed by atoms with E-state index in [1.165, 1.54) is 0 Å². The van der Waals surface area contributed by atoms with Crippen LogP contribution in [-0.4, -0.2) is 141 Å². The Morgan fingerprint density at radius 1 is 1.05 bits per heavy atom. The van der Waals surface area contributed by atoms with Crippen LogP contribution in [0.4, 0.5) is 9.93 Å². The number of nitrogen functional groups attached to an aromatic ring is 1. The standard InChI is InChI=1S/C29H27Cl2N9O13S2/c30-13-10(1-2-11(41)18(13)44)17(43)21(46)33-6-3-12(42)36-40-8-7-39(27(40)52)29(25(50)51)9-38-22(47)16(23(38)55-29)34-20(45)15(14-19(31)54-26(32)35-14)37-53-28(4-5-28)24(48)49/h1-2,16,23,41,44H,3-9H2,(H2,32,35)(H,33,46)(H,34,45)(H,36,42)(H,48,49)(H,50,51)/b37-15-/t16-,23-,29-/m1/s1. The first-order valence-electron chi connectivity index (χ1n) is 15.8. The Balaban J connectivity index is 1.07. The molecule has 1 aromatic carbocycles. The predicted molar refractivity (Wildman–Crippen MR) is 188 cm³/mol. The highest BCUT2D eigenvalue weighted by Crippen LogP contribution is 2.49. The first kappa shape index (κ1) is 39.1. The zero-order valence-corrected chi connectivity index (χ0v) is 30.8. The summed E-state index contributed by atoms with van der Waals surface area (Å²) in [5, 5.41) is 46.6. The number of carbonyl (C=O) groups is 8. The van der Waals surface area contributed by atoms with Gasteiger partial charge in [0.05, 0.1) is 23.7 Å². The number of nitrogens with two attached hydrogens (primary N) is 1. The molecule has 6 rings (SSSR count). The maximum absolute atomic E-state index is 13.5. The SMILES string of the molecule is Nc1nc(/C(=N/OC2(C(=O)O)CC2)C(=O)N[C@@H]2C(=O)N3C[C@@](C(=O)O)(N4CCN(NC(=O)CCNC(=O)C(=O)c5ccc(O)c(O)c5Cl)C4=O)S[C@H]23)c(Cl)s1. The van der Waals surface area contributed by atoms with Gasteiger partial charge in [-0.1, -0.05) is 51.5 Å². The molecule has 22 nitrogen and oxygen atoms in total. The van der Waals surface area contributed by atoms with E-state index in [0.717, 1.165) is 38.3 Å². The normalized spacial score (nSPS) is 22.4. The summed E-state index contributed by atoms with van der Waals surface area (Å²) >= 11 is 13.5. The molecule has 4 fully saturated rings. The van der Waals surface area contributed by atoms with Gasteiger partial charge in [0.2, 0.25) is 22.3 Å². The number of amides is 6. The lowest BCUT2D eigenvalue weighted by molar-refractivity contribution is -0.153. The molecule has 0 spiro atoms. The highest BCUT2D eigenvalue weighted by Gasteiger charge is 2.66. The van der Waals surface area contributed by atoms with E-state index in [-0.39, 0.29) is 47.6 Å². The number of carboxylic acids is 2. The highest BCUT2D eigenvalue weighted by molar-refractivity contribution is 8.02. The number of hydrogen-bond acceptors (Lipinski definition) is 16. The van der Waals surface area contributed by atoms with Gasteiger partial charge in [-0.2, -0.15) is 0 Å². The van der Waals surface area contributed by atoms with Crippen LogP contribution in [-0.2, 0) is 33.6 Å². The molecule has 292 valence electrons. The number of aromatic hydroxyl groups is 2. The average Bonchev–Trinajstić information content (AvgIpc) is 3.57. The quantitative estimate of drug-likeness (QED) is 0.0286. The Kier molecular flexibility index (Phi) is 10.4. The molecule has 26 heteroatoms. The Hall–Kier alpha value is -5.59. The number of aromatic nitrogens is 1. The van der Waals surface area contributed by atoms with Crippen LogP contribution in [0.2, 0.25) is 9.36 Å². The number of hydrazine groups is 1. The van der Waals surface area contributed by atoms with Crippen molar-refractivity contribution in [1.82, 2.24) is 35.9 Å². The monoisotopic (exact) mass is 843 g/mol. The number of urea groups is 1. The summed E-state index contributed by atoms with van der Waals surface area (Å²) < 4.78 is -0.0845. The second-order valence-corrected chi connectivity index (χ2v) is 15.7. The third-order valence-electron chi connectivity index (χ3n) is 8.80. The number of fused-ring (bicyclic) bond motifs is 1. The Morgan fingerprint density at radius 3 is 2.38 bits per heavy atom. The van der Waals surface area contributed by atoms with Crippen molar-refractivity contribution in [2.45, 2.75) is 41.2 Å². The van der Waals surface area contributed by atoms with Gasteiger partial charge in [-0.25, -0.2) is 24.4 Å². The number of anilines is 1. The van der Waals surface area contributed by atoms with E-state index >= 15 is 0 Å². The van der Waals surface area contributed by atoms with Crippen LogP contribution in [0, 0.1) is 0 Å². The number of hydrogen-bond donors (Lipinski definition) is 8. The minimum Gasteiger partial charge on any atom is -0.504 e. The zero-order valence-electron chi connectivity index (χ0n) is 27.6. The van der Waals surface area contributed by atoms with E-state index in [9.17, 15) is 58.8 Å². The number of thioether (sulfide) groups is 1. The predicted octanol–water partition coefficient (Wildman–Crippen LogP) is -0.880. The van der Waals surface area contributed by atoms with Crippen LogP contribution < -0.4 is 21.8 Å². The number of halogens is 2. The number of ketones is 1. The second-order valence-electron chi connectivity index (χ2n) is 12.3. The number of oxime groups is 1. The Bertz CT molecular complexity index is 2100. The van der Waals surface area contributed by atoms with Gasteiger partial charge < -0.3 is 46.5 Å². The van der Waals surface area contributed by atoms with Crippen LogP contribution in [0.5, 0.6) is 11.5 Å². The van der Waals surface area contributed by atoms with Crippen molar-refractivity contribution in [3.63, 3.8) is 0 Å². The summed E-state index contributed by atoms with van der Waals surface area (Å²) in [6.45, 7) is -1.26. The van der Waals surface area contributed by atoms with Crippen molar-refractivity contribution < 1.29 is 63.6 Å². The summed E-state index contributed by atoms with van der Waals surface area (Å²) in [5.74, 6) is -9.13. The van der Waals surface area contributed by atoms with E-state index in [1.54, 1.807) is 0 Å². The molecular weight excluding hydrogens is 817 g/mol. The molecule has 0 unspecified atom stereocenters. The Morgan fingerprint density at radius 2 is 1.76 bits per heavy atom. The minimum atomic E-state index is -2.05. The summed E-state index contributed by atoms with van der Waals surface area (Å²) in [4.78, 5) is 111. The maximum Gasteiger partial charge on any atom is 0.350 e. The number of nitrogens with zero attached hydrogens (tertiary/aromatic N) is 5. The number of carbonyl (C=O) groups excluding carboxylic acids is 6. The van der Waals surface area contributed by atoms with Crippen molar-refractivity contribution in [2.24, 2.45) is 5.16 Å².